The van der Waals surface area contributed by atoms with E-state index in [1.807, 2.05) is 60.7 Å². The van der Waals surface area contributed by atoms with Gasteiger partial charge in [-0.15, -0.1) is 0 Å². The molecule has 0 fully saturated rings. The molecule has 0 saturated heterocycles. The molecule has 0 aromatic heterocycles. The van der Waals surface area contributed by atoms with Gasteiger partial charge in [0.05, 0.1) is 0 Å². The summed E-state index contributed by atoms with van der Waals surface area (Å²) in [5.41, 5.74) is 6.78. The highest BCUT2D eigenvalue weighted by Gasteiger charge is 2.13. The van der Waals surface area contributed by atoms with Crippen LogP contribution in [0.25, 0.3) is 0 Å². The van der Waals surface area contributed by atoms with Crippen LogP contribution < -0.4 is 0 Å². The quantitative estimate of drug-likeness (QED) is 0.443. The van der Waals surface area contributed by atoms with Crippen LogP contribution >= 0.6 is 0 Å². The Balaban J connectivity index is 2.11. The van der Waals surface area contributed by atoms with E-state index in [2.05, 4.69) is 63.5 Å². The van der Waals surface area contributed by atoms with E-state index in [9.17, 15) is 0 Å². The van der Waals surface area contributed by atoms with E-state index in [1.165, 1.54) is 11.1 Å². The van der Waals surface area contributed by atoms with Crippen LogP contribution in [0.1, 0.15) is 72.9 Å². The summed E-state index contributed by atoms with van der Waals surface area (Å²) in [5, 5.41) is 0. The van der Waals surface area contributed by atoms with Crippen molar-refractivity contribution in [1.29, 1.82) is 0 Å². The van der Waals surface area contributed by atoms with Crippen LogP contribution in [-0.4, -0.2) is 0 Å². The van der Waals surface area contributed by atoms with Gasteiger partial charge in [-0.2, -0.15) is 0 Å². The summed E-state index contributed by atoms with van der Waals surface area (Å²) in [6.45, 7) is 8.90. The highest BCUT2D eigenvalue weighted by molar-refractivity contribution is 5.57. The molecular formula is C28H26. The molecule has 3 aromatic rings. The second-order valence-corrected chi connectivity index (χ2v) is 7.57. The van der Waals surface area contributed by atoms with Crippen LogP contribution in [0.2, 0.25) is 0 Å². The molecule has 3 rings (SSSR count). The monoisotopic (exact) mass is 362 g/mol. The summed E-state index contributed by atoms with van der Waals surface area (Å²) in [7, 11) is 0. The molecule has 0 aliphatic rings. The molecule has 0 radical (unpaired) electrons. The Morgan fingerprint density at radius 1 is 0.500 bits per heavy atom. The average molecular weight is 363 g/mol. The van der Waals surface area contributed by atoms with Crippen LogP contribution in [-0.2, 0) is 0 Å². The molecule has 0 nitrogen and oxygen atoms in total. The van der Waals surface area contributed by atoms with Gasteiger partial charge in [-0.1, -0.05) is 93.8 Å². The Morgan fingerprint density at radius 3 is 1.25 bits per heavy atom. The first-order valence-corrected chi connectivity index (χ1v) is 9.86. The zero-order valence-corrected chi connectivity index (χ0v) is 17.1. The van der Waals surface area contributed by atoms with Crippen LogP contribution in [0.3, 0.4) is 0 Å². The second kappa shape index (κ2) is 9.12. The van der Waals surface area contributed by atoms with Gasteiger partial charge in [-0.25, -0.2) is 0 Å². The summed E-state index contributed by atoms with van der Waals surface area (Å²) < 4.78 is 0. The fraction of sp³-hybridized carbons (Fsp3) is 0.214. The van der Waals surface area contributed by atoms with Gasteiger partial charge in [-0.3, -0.25) is 0 Å². The molecule has 28 heavy (non-hydrogen) atoms. The summed E-state index contributed by atoms with van der Waals surface area (Å²) in [5.74, 6) is 14.2. The molecule has 0 heteroatoms. The van der Waals surface area contributed by atoms with Gasteiger partial charge in [-0.05, 0) is 53.3 Å². The first-order valence-electron chi connectivity index (χ1n) is 9.86. The van der Waals surface area contributed by atoms with Crippen LogP contribution in [0.15, 0.2) is 72.8 Å². The molecule has 0 heterocycles. The largest absolute Gasteiger partial charge is 0.0622 e. The number of rotatable bonds is 2. The second-order valence-electron chi connectivity index (χ2n) is 7.57. The van der Waals surface area contributed by atoms with Crippen LogP contribution in [0, 0.1) is 23.7 Å². The predicted molar refractivity (Wildman–Crippen MR) is 119 cm³/mol. The first kappa shape index (κ1) is 19.5. The Bertz CT molecular complexity index is 963. The molecule has 0 bridgehead atoms. The van der Waals surface area contributed by atoms with Crippen molar-refractivity contribution >= 4 is 0 Å². The topological polar surface area (TPSA) is 0 Å². The van der Waals surface area contributed by atoms with Gasteiger partial charge < -0.3 is 0 Å². The van der Waals surface area contributed by atoms with E-state index in [4.69, 9.17) is 0 Å². The number of benzene rings is 3. The lowest BCUT2D eigenvalue weighted by atomic mass is 9.88. The van der Waals surface area contributed by atoms with Gasteiger partial charge in [0.2, 0.25) is 0 Å². The van der Waals surface area contributed by atoms with Gasteiger partial charge in [0.1, 0.15) is 0 Å². The predicted octanol–water partition coefficient (Wildman–Crippen LogP) is 6.73. The van der Waals surface area contributed by atoms with Gasteiger partial charge in [0, 0.05) is 22.3 Å². The van der Waals surface area contributed by atoms with Crippen molar-refractivity contribution in [2.24, 2.45) is 0 Å². The van der Waals surface area contributed by atoms with Crippen molar-refractivity contribution in [1.82, 2.24) is 0 Å². The van der Waals surface area contributed by atoms with Crippen molar-refractivity contribution in [3.8, 4) is 23.7 Å². The third-order valence-electron chi connectivity index (χ3n) is 4.70. The molecular weight excluding hydrogens is 336 g/mol. The van der Waals surface area contributed by atoms with E-state index in [1.54, 1.807) is 0 Å². The van der Waals surface area contributed by atoms with Crippen molar-refractivity contribution < 1.29 is 0 Å². The minimum atomic E-state index is 0.411. The Hall–Kier alpha value is -3.22. The molecule has 0 saturated carbocycles. The maximum atomic E-state index is 3.40. The fourth-order valence-corrected chi connectivity index (χ4v) is 3.13. The van der Waals surface area contributed by atoms with E-state index < -0.39 is 0 Å². The Kier molecular flexibility index (Phi) is 6.37. The Morgan fingerprint density at radius 2 is 0.893 bits per heavy atom. The third kappa shape index (κ3) is 4.94. The van der Waals surface area contributed by atoms with Crippen molar-refractivity contribution in [2.45, 2.75) is 39.5 Å². The molecule has 138 valence electrons. The van der Waals surface area contributed by atoms with Gasteiger partial charge in [0.15, 0.2) is 0 Å². The number of hydrogen-bond donors (Lipinski definition) is 0. The summed E-state index contributed by atoms with van der Waals surface area (Å²) in [6, 6.07) is 24.8. The van der Waals surface area contributed by atoms with E-state index in [0.29, 0.717) is 11.8 Å². The minimum absolute atomic E-state index is 0.411. The average Bonchev–Trinajstić information content (AvgIpc) is 2.71. The van der Waals surface area contributed by atoms with Crippen molar-refractivity contribution in [2.75, 3.05) is 0 Å². The molecule has 0 spiro atoms. The summed E-state index contributed by atoms with van der Waals surface area (Å²) in [4.78, 5) is 0. The molecule has 0 aliphatic heterocycles. The normalized spacial score (nSPS) is 10.2. The SMILES string of the molecule is CC(C)c1cc(C(C)C)c(C#Cc2ccccc2)cc1C#Cc1ccccc1. The van der Waals surface area contributed by atoms with Crippen LogP contribution in [0.4, 0.5) is 0 Å². The highest BCUT2D eigenvalue weighted by atomic mass is 14.2. The smallest absolute Gasteiger partial charge is 0.0296 e. The molecule has 0 amide bonds. The minimum Gasteiger partial charge on any atom is -0.0622 e. The maximum Gasteiger partial charge on any atom is 0.0296 e. The maximum absolute atomic E-state index is 3.40. The first-order chi connectivity index (χ1) is 13.5. The highest BCUT2D eigenvalue weighted by Crippen LogP contribution is 2.28. The van der Waals surface area contributed by atoms with E-state index in [-0.39, 0.29) is 0 Å². The van der Waals surface area contributed by atoms with E-state index >= 15 is 0 Å². The van der Waals surface area contributed by atoms with Gasteiger partial charge in [0.25, 0.3) is 0 Å². The lowest BCUT2D eigenvalue weighted by molar-refractivity contribution is 0.829. The third-order valence-corrected chi connectivity index (χ3v) is 4.70. The zero-order valence-electron chi connectivity index (χ0n) is 17.1. The summed E-state index contributed by atoms with van der Waals surface area (Å²) in [6.07, 6.45) is 0. The number of hydrogen-bond acceptors (Lipinski definition) is 0. The van der Waals surface area contributed by atoms with E-state index in [0.717, 1.165) is 22.3 Å². The molecule has 0 N–H and O–H groups in total. The Labute approximate surface area is 169 Å². The lowest BCUT2D eigenvalue weighted by Gasteiger charge is -2.16. The molecule has 0 unspecified atom stereocenters. The summed E-state index contributed by atoms with van der Waals surface area (Å²) >= 11 is 0. The molecule has 0 atom stereocenters. The fourth-order valence-electron chi connectivity index (χ4n) is 3.13. The van der Waals surface area contributed by atoms with Crippen molar-refractivity contribution in [3.63, 3.8) is 0 Å². The lowest BCUT2D eigenvalue weighted by Crippen LogP contribution is -2.01. The molecule has 0 aliphatic carbocycles. The van der Waals surface area contributed by atoms with Crippen molar-refractivity contribution in [3.05, 3.63) is 106 Å². The van der Waals surface area contributed by atoms with Crippen LogP contribution in [0.5, 0.6) is 0 Å². The van der Waals surface area contributed by atoms with Gasteiger partial charge >= 0.3 is 0 Å². The zero-order chi connectivity index (χ0) is 19.9. The molecule has 3 aromatic carbocycles. The standard InChI is InChI=1S/C28H26/c1-21(2)27-20-28(22(3)4)26(18-16-24-13-9-6-10-14-24)19-25(27)17-15-23-11-7-5-8-12-23/h5-14,19-22H,1-4H3.